The van der Waals surface area contributed by atoms with Gasteiger partial charge in [-0.05, 0) is 25.0 Å². The Labute approximate surface area is 131 Å². The van der Waals surface area contributed by atoms with E-state index < -0.39 is 0 Å². The van der Waals surface area contributed by atoms with Gasteiger partial charge in [-0.1, -0.05) is 18.2 Å². The van der Waals surface area contributed by atoms with Crippen molar-refractivity contribution >= 4 is 17.5 Å². The first-order chi connectivity index (χ1) is 10.7. The van der Waals surface area contributed by atoms with Gasteiger partial charge in [0.25, 0.3) is 0 Å². The third-order valence-corrected chi connectivity index (χ3v) is 4.56. The smallest absolute Gasteiger partial charge is 0.227 e. The second kappa shape index (κ2) is 6.48. The maximum absolute atomic E-state index is 12.4. The number of hydrogen-bond acceptors (Lipinski definition) is 3. The van der Waals surface area contributed by atoms with Crippen LogP contribution in [0.25, 0.3) is 0 Å². The monoisotopic (exact) mass is 301 g/mol. The van der Waals surface area contributed by atoms with Gasteiger partial charge in [0, 0.05) is 50.7 Å². The summed E-state index contributed by atoms with van der Waals surface area (Å²) < 4.78 is 0. The molecule has 2 aliphatic rings. The number of anilines is 1. The third-order valence-electron chi connectivity index (χ3n) is 4.56. The van der Waals surface area contributed by atoms with E-state index in [1.54, 1.807) is 4.90 Å². The number of aryl methyl sites for hydroxylation is 1. The molecular weight excluding hydrogens is 278 g/mol. The number of amides is 2. The summed E-state index contributed by atoms with van der Waals surface area (Å²) in [5.74, 6) is 0.268. The molecule has 5 heteroatoms. The lowest BCUT2D eigenvalue weighted by molar-refractivity contribution is -0.133. The SMILES string of the molecule is C[C@@H]1CNCCN1C(=O)CCN1C(=O)CCc2ccccc21. The van der Waals surface area contributed by atoms with Gasteiger partial charge in [0.2, 0.25) is 11.8 Å². The molecular formula is C17H23N3O2. The fourth-order valence-corrected chi connectivity index (χ4v) is 3.30. The molecule has 1 atom stereocenters. The average molecular weight is 301 g/mol. The molecule has 0 unspecified atom stereocenters. The number of benzene rings is 1. The van der Waals surface area contributed by atoms with Crippen LogP contribution < -0.4 is 10.2 Å². The highest BCUT2D eigenvalue weighted by molar-refractivity contribution is 5.97. The zero-order chi connectivity index (χ0) is 15.5. The van der Waals surface area contributed by atoms with Crippen LogP contribution in [0.4, 0.5) is 5.69 Å². The first-order valence-electron chi connectivity index (χ1n) is 8.05. The van der Waals surface area contributed by atoms with E-state index in [2.05, 4.69) is 18.3 Å². The molecule has 1 saturated heterocycles. The van der Waals surface area contributed by atoms with Gasteiger partial charge in [-0.25, -0.2) is 0 Å². The van der Waals surface area contributed by atoms with Crippen LogP contribution in [0.15, 0.2) is 24.3 Å². The van der Waals surface area contributed by atoms with E-state index in [4.69, 9.17) is 0 Å². The molecule has 3 rings (SSSR count). The van der Waals surface area contributed by atoms with Gasteiger partial charge in [-0.15, -0.1) is 0 Å². The summed E-state index contributed by atoms with van der Waals surface area (Å²) in [7, 11) is 0. The number of nitrogens with zero attached hydrogens (tertiary/aromatic N) is 2. The van der Waals surface area contributed by atoms with Crippen LogP contribution in [0, 0.1) is 0 Å². The van der Waals surface area contributed by atoms with E-state index >= 15 is 0 Å². The molecule has 118 valence electrons. The molecule has 0 aromatic heterocycles. The van der Waals surface area contributed by atoms with E-state index in [9.17, 15) is 9.59 Å². The van der Waals surface area contributed by atoms with Crippen LogP contribution >= 0.6 is 0 Å². The van der Waals surface area contributed by atoms with Gasteiger partial charge >= 0.3 is 0 Å². The Bertz CT molecular complexity index is 573. The Hall–Kier alpha value is -1.88. The highest BCUT2D eigenvalue weighted by Gasteiger charge is 2.27. The van der Waals surface area contributed by atoms with Gasteiger partial charge in [0.1, 0.15) is 0 Å². The summed E-state index contributed by atoms with van der Waals surface area (Å²) in [5, 5.41) is 3.29. The van der Waals surface area contributed by atoms with Crippen LogP contribution in [-0.2, 0) is 16.0 Å². The molecule has 1 N–H and O–H groups in total. The van der Waals surface area contributed by atoms with E-state index in [0.29, 0.717) is 19.4 Å². The number of hydrogen-bond donors (Lipinski definition) is 1. The Morgan fingerprint density at radius 1 is 1.32 bits per heavy atom. The highest BCUT2D eigenvalue weighted by atomic mass is 16.2. The molecule has 0 radical (unpaired) electrons. The van der Waals surface area contributed by atoms with Gasteiger partial charge in [0.05, 0.1) is 0 Å². The van der Waals surface area contributed by atoms with E-state index in [1.807, 2.05) is 23.1 Å². The second-order valence-corrected chi connectivity index (χ2v) is 6.06. The van der Waals surface area contributed by atoms with E-state index in [0.717, 1.165) is 31.7 Å². The quantitative estimate of drug-likeness (QED) is 0.912. The van der Waals surface area contributed by atoms with Crippen molar-refractivity contribution in [3.63, 3.8) is 0 Å². The van der Waals surface area contributed by atoms with Crippen LogP contribution in [0.2, 0.25) is 0 Å². The maximum Gasteiger partial charge on any atom is 0.227 e. The van der Waals surface area contributed by atoms with Gasteiger partial charge in [-0.3, -0.25) is 9.59 Å². The summed E-state index contributed by atoms with van der Waals surface area (Å²) in [5.41, 5.74) is 2.17. The first kappa shape index (κ1) is 15.0. The third kappa shape index (κ3) is 2.99. The molecule has 5 nitrogen and oxygen atoms in total. The second-order valence-electron chi connectivity index (χ2n) is 6.06. The van der Waals surface area contributed by atoms with Crippen molar-refractivity contribution in [2.75, 3.05) is 31.1 Å². The molecule has 22 heavy (non-hydrogen) atoms. The molecule has 2 heterocycles. The molecule has 1 aromatic rings. The van der Waals surface area contributed by atoms with Crippen LogP contribution in [0.3, 0.4) is 0 Å². The highest BCUT2D eigenvalue weighted by Crippen LogP contribution is 2.27. The summed E-state index contributed by atoms with van der Waals surface area (Å²) in [6, 6.07) is 8.22. The van der Waals surface area contributed by atoms with Crippen molar-refractivity contribution < 1.29 is 9.59 Å². The van der Waals surface area contributed by atoms with Crippen LogP contribution in [-0.4, -0.2) is 48.9 Å². The van der Waals surface area contributed by atoms with Gasteiger partial charge < -0.3 is 15.1 Å². The van der Waals surface area contributed by atoms with Gasteiger partial charge in [0.15, 0.2) is 0 Å². The van der Waals surface area contributed by atoms with Crippen LogP contribution in [0.5, 0.6) is 0 Å². The van der Waals surface area contributed by atoms with E-state index in [1.165, 1.54) is 5.56 Å². The number of nitrogens with one attached hydrogen (secondary N) is 1. The lowest BCUT2D eigenvalue weighted by Gasteiger charge is -2.35. The number of fused-ring (bicyclic) bond motifs is 1. The average Bonchev–Trinajstić information content (AvgIpc) is 2.54. The van der Waals surface area contributed by atoms with E-state index in [-0.39, 0.29) is 17.9 Å². The number of rotatable bonds is 3. The predicted molar refractivity (Wildman–Crippen MR) is 85.8 cm³/mol. The Morgan fingerprint density at radius 3 is 2.95 bits per heavy atom. The number of carbonyl (C=O) groups excluding carboxylic acids is 2. The summed E-state index contributed by atoms with van der Waals surface area (Å²) in [6.07, 6.45) is 1.73. The topological polar surface area (TPSA) is 52.7 Å². The fraction of sp³-hybridized carbons (Fsp3) is 0.529. The Kier molecular flexibility index (Phi) is 4.43. The van der Waals surface area contributed by atoms with Crippen molar-refractivity contribution in [2.45, 2.75) is 32.2 Å². The lowest BCUT2D eigenvalue weighted by Crippen LogP contribution is -2.52. The van der Waals surface area contributed by atoms with Crippen molar-refractivity contribution in [2.24, 2.45) is 0 Å². The van der Waals surface area contributed by atoms with Crippen molar-refractivity contribution in [3.05, 3.63) is 29.8 Å². The minimum Gasteiger partial charge on any atom is -0.337 e. The van der Waals surface area contributed by atoms with Crippen molar-refractivity contribution in [1.29, 1.82) is 0 Å². The maximum atomic E-state index is 12.4. The molecule has 2 aliphatic heterocycles. The largest absolute Gasteiger partial charge is 0.337 e. The molecule has 1 aromatic carbocycles. The number of piperazine rings is 1. The summed E-state index contributed by atoms with van der Waals surface area (Å²) >= 11 is 0. The van der Waals surface area contributed by atoms with Crippen molar-refractivity contribution in [1.82, 2.24) is 10.2 Å². The lowest BCUT2D eigenvalue weighted by atomic mass is 10.0. The predicted octanol–water partition coefficient (Wildman–Crippen LogP) is 1.18. The molecule has 2 amide bonds. The first-order valence-corrected chi connectivity index (χ1v) is 8.05. The summed E-state index contributed by atoms with van der Waals surface area (Å²) in [4.78, 5) is 28.3. The number of para-hydroxylation sites is 1. The van der Waals surface area contributed by atoms with Crippen molar-refractivity contribution in [3.8, 4) is 0 Å². The standard InChI is InChI=1S/C17H23N3O2/c1-13-12-18-9-11-19(13)17(22)8-10-20-15-5-3-2-4-14(15)6-7-16(20)21/h2-5,13,18H,6-12H2,1H3/t13-/m1/s1. The molecule has 0 aliphatic carbocycles. The molecule has 0 saturated carbocycles. The molecule has 0 bridgehead atoms. The summed E-state index contributed by atoms with van der Waals surface area (Å²) in [6.45, 7) is 4.99. The Balaban J connectivity index is 1.66. The Morgan fingerprint density at radius 2 is 2.14 bits per heavy atom. The molecule has 1 fully saturated rings. The van der Waals surface area contributed by atoms with Crippen LogP contribution in [0.1, 0.15) is 25.3 Å². The normalized spacial score (nSPS) is 21.7. The molecule has 0 spiro atoms. The fourth-order valence-electron chi connectivity index (χ4n) is 3.30. The zero-order valence-electron chi connectivity index (χ0n) is 13.0. The number of carbonyl (C=O) groups is 2. The van der Waals surface area contributed by atoms with Gasteiger partial charge in [-0.2, -0.15) is 0 Å². The minimum absolute atomic E-state index is 0.125. The minimum atomic E-state index is 0.125. The zero-order valence-corrected chi connectivity index (χ0v) is 13.0.